The van der Waals surface area contributed by atoms with E-state index in [4.69, 9.17) is 0 Å². The Bertz CT molecular complexity index is 333. The summed E-state index contributed by atoms with van der Waals surface area (Å²) in [4.78, 5) is 0. The van der Waals surface area contributed by atoms with Crippen LogP contribution in [0.3, 0.4) is 0 Å². The Kier molecular flexibility index (Phi) is 5.65. The fourth-order valence-electron chi connectivity index (χ4n) is 1.85. The quantitative estimate of drug-likeness (QED) is 0.759. The summed E-state index contributed by atoms with van der Waals surface area (Å²) in [5, 5.41) is 17.2. The number of hydrogen-bond acceptors (Lipinski definition) is 3. The molecule has 0 bridgehead atoms. The fourth-order valence-corrected chi connectivity index (χ4v) is 1.85. The lowest BCUT2D eigenvalue weighted by atomic mass is 10.1. The molecule has 1 heterocycles. The minimum Gasteiger partial charge on any atom is -0.395 e. The van der Waals surface area contributed by atoms with Crippen LogP contribution in [0.2, 0.25) is 0 Å². The van der Waals surface area contributed by atoms with Gasteiger partial charge in [-0.05, 0) is 25.3 Å². The molecule has 0 spiro atoms. The molecule has 0 aromatic carbocycles. The van der Waals surface area contributed by atoms with Crippen LogP contribution in [0.15, 0.2) is 6.07 Å². The van der Waals surface area contributed by atoms with Gasteiger partial charge < -0.3 is 10.4 Å². The molecule has 4 heteroatoms. The molecule has 0 saturated heterocycles. The third-order valence-corrected chi connectivity index (χ3v) is 3.12. The number of rotatable bonds is 7. The second-order valence-electron chi connectivity index (χ2n) is 4.71. The highest BCUT2D eigenvalue weighted by molar-refractivity contribution is 5.10. The van der Waals surface area contributed by atoms with Crippen molar-refractivity contribution < 1.29 is 5.11 Å². The zero-order valence-electron chi connectivity index (χ0n) is 11.4. The Labute approximate surface area is 104 Å². The average Bonchev–Trinajstić information content (AvgIpc) is 2.72. The van der Waals surface area contributed by atoms with Gasteiger partial charge in [0.25, 0.3) is 0 Å². The first-order valence-electron chi connectivity index (χ1n) is 6.52. The van der Waals surface area contributed by atoms with Gasteiger partial charge >= 0.3 is 0 Å². The van der Waals surface area contributed by atoms with Crippen LogP contribution in [-0.4, -0.2) is 27.5 Å². The van der Waals surface area contributed by atoms with Gasteiger partial charge in [0.15, 0.2) is 0 Å². The maximum absolute atomic E-state index is 9.27. The molecular formula is C13H25N3O. The normalized spacial score (nSPS) is 13.3. The van der Waals surface area contributed by atoms with Gasteiger partial charge in [-0.15, -0.1) is 0 Å². The Hall–Kier alpha value is -0.870. The van der Waals surface area contributed by atoms with Gasteiger partial charge in [0, 0.05) is 19.1 Å². The van der Waals surface area contributed by atoms with Crippen molar-refractivity contribution in [2.24, 2.45) is 5.92 Å². The maximum Gasteiger partial charge on any atom is 0.0625 e. The molecule has 1 aromatic rings. The molecule has 0 radical (unpaired) electrons. The van der Waals surface area contributed by atoms with Crippen molar-refractivity contribution in [2.75, 3.05) is 6.61 Å². The predicted octanol–water partition coefficient (Wildman–Crippen LogP) is 1.57. The van der Waals surface area contributed by atoms with Crippen molar-refractivity contribution in [1.29, 1.82) is 0 Å². The van der Waals surface area contributed by atoms with E-state index in [9.17, 15) is 5.11 Å². The van der Waals surface area contributed by atoms with E-state index in [1.165, 1.54) is 5.69 Å². The molecule has 0 saturated carbocycles. The lowest BCUT2D eigenvalue weighted by Gasteiger charge is -2.20. The first-order chi connectivity index (χ1) is 8.12. The van der Waals surface area contributed by atoms with E-state index in [1.807, 2.05) is 4.68 Å². The van der Waals surface area contributed by atoms with E-state index in [1.54, 1.807) is 0 Å². The molecule has 4 nitrogen and oxygen atoms in total. The van der Waals surface area contributed by atoms with Crippen LogP contribution in [0.5, 0.6) is 0 Å². The summed E-state index contributed by atoms with van der Waals surface area (Å²) >= 11 is 0. The van der Waals surface area contributed by atoms with Crippen LogP contribution in [0, 0.1) is 5.92 Å². The molecule has 0 unspecified atom stereocenters. The van der Waals surface area contributed by atoms with E-state index in [0.717, 1.165) is 25.2 Å². The summed E-state index contributed by atoms with van der Waals surface area (Å²) in [5.74, 6) is 0.434. The third kappa shape index (κ3) is 3.82. The number of hydrogen-bond donors (Lipinski definition) is 2. The maximum atomic E-state index is 9.27. The topological polar surface area (TPSA) is 50.1 Å². The highest BCUT2D eigenvalue weighted by atomic mass is 16.3. The lowest BCUT2D eigenvalue weighted by molar-refractivity contribution is 0.209. The summed E-state index contributed by atoms with van der Waals surface area (Å²) in [7, 11) is 0. The number of aryl methyl sites for hydroxylation is 2. The highest BCUT2D eigenvalue weighted by Crippen LogP contribution is 2.07. The van der Waals surface area contributed by atoms with Crippen molar-refractivity contribution in [3.63, 3.8) is 0 Å². The molecule has 1 rings (SSSR count). The van der Waals surface area contributed by atoms with Gasteiger partial charge in [0.05, 0.1) is 18.0 Å². The number of aromatic nitrogens is 2. The van der Waals surface area contributed by atoms with Crippen LogP contribution in [0.25, 0.3) is 0 Å². The predicted molar refractivity (Wildman–Crippen MR) is 69.8 cm³/mol. The number of aliphatic hydroxyl groups is 1. The second-order valence-corrected chi connectivity index (χ2v) is 4.71. The second kappa shape index (κ2) is 6.77. The Balaban J connectivity index is 2.64. The summed E-state index contributed by atoms with van der Waals surface area (Å²) < 4.78 is 2.03. The van der Waals surface area contributed by atoms with Gasteiger partial charge in [-0.3, -0.25) is 4.68 Å². The van der Waals surface area contributed by atoms with Crippen LogP contribution in [-0.2, 0) is 19.5 Å². The van der Waals surface area contributed by atoms with Crippen LogP contribution >= 0.6 is 0 Å². The summed E-state index contributed by atoms with van der Waals surface area (Å²) in [6.07, 6.45) is 0.966. The molecule has 98 valence electrons. The van der Waals surface area contributed by atoms with Gasteiger partial charge in [-0.2, -0.15) is 5.10 Å². The number of nitrogens with one attached hydrogen (secondary N) is 1. The zero-order valence-corrected chi connectivity index (χ0v) is 11.4. The van der Waals surface area contributed by atoms with Crippen molar-refractivity contribution >= 4 is 0 Å². The van der Waals surface area contributed by atoms with Gasteiger partial charge in [-0.25, -0.2) is 0 Å². The zero-order chi connectivity index (χ0) is 12.8. The molecule has 1 aromatic heterocycles. The van der Waals surface area contributed by atoms with Crippen molar-refractivity contribution in [3.05, 3.63) is 17.5 Å². The van der Waals surface area contributed by atoms with Crippen molar-refractivity contribution in [2.45, 2.75) is 53.2 Å². The SMILES string of the molecule is CCc1cc(CN[C@H](CO)C(C)C)n(CC)n1. The summed E-state index contributed by atoms with van der Waals surface area (Å²) in [6, 6.07) is 2.30. The Morgan fingerprint density at radius 2 is 2.12 bits per heavy atom. The van der Waals surface area contributed by atoms with Crippen LogP contribution < -0.4 is 5.32 Å². The molecule has 0 aliphatic carbocycles. The van der Waals surface area contributed by atoms with Crippen molar-refractivity contribution in [1.82, 2.24) is 15.1 Å². The summed E-state index contributed by atoms with van der Waals surface area (Å²) in [5.41, 5.74) is 2.33. The molecule has 0 fully saturated rings. The monoisotopic (exact) mass is 239 g/mol. The molecule has 0 aliphatic rings. The third-order valence-electron chi connectivity index (χ3n) is 3.12. The van der Waals surface area contributed by atoms with Crippen LogP contribution in [0.1, 0.15) is 39.1 Å². The Morgan fingerprint density at radius 1 is 1.41 bits per heavy atom. The van der Waals surface area contributed by atoms with Gasteiger partial charge in [0.2, 0.25) is 0 Å². The smallest absolute Gasteiger partial charge is 0.0625 e. The molecule has 0 aliphatic heterocycles. The standard InChI is InChI=1S/C13H25N3O/c1-5-11-7-12(16(6-2)15-11)8-14-13(9-17)10(3)4/h7,10,13-14,17H,5-6,8-9H2,1-4H3/t13-/m1/s1. The first kappa shape index (κ1) is 14.2. The lowest BCUT2D eigenvalue weighted by Crippen LogP contribution is -2.37. The minimum absolute atomic E-state index is 0.153. The molecule has 2 N–H and O–H groups in total. The van der Waals surface area contributed by atoms with Crippen molar-refractivity contribution in [3.8, 4) is 0 Å². The van der Waals surface area contributed by atoms with E-state index in [0.29, 0.717) is 5.92 Å². The Morgan fingerprint density at radius 3 is 2.59 bits per heavy atom. The van der Waals surface area contributed by atoms with E-state index >= 15 is 0 Å². The molecular weight excluding hydrogens is 214 g/mol. The van der Waals surface area contributed by atoms with E-state index < -0.39 is 0 Å². The van der Waals surface area contributed by atoms with Gasteiger partial charge in [0.1, 0.15) is 0 Å². The number of aliphatic hydroxyl groups excluding tert-OH is 1. The number of nitrogens with zero attached hydrogens (tertiary/aromatic N) is 2. The first-order valence-corrected chi connectivity index (χ1v) is 6.52. The molecule has 17 heavy (non-hydrogen) atoms. The highest BCUT2D eigenvalue weighted by Gasteiger charge is 2.13. The largest absolute Gasteiger partial charge is 0.395 e. The van der Waals surface area contributed by atoms with Gasteiger partial charge in [-0.1, -0.05) is 20.8 Å². The minimum atomic E-state index is 0.153. The fraction of sp³-hybridized carbons (Fsp3) is 0.769. The molecule has 1 atom stereocenters. The van der Waals surface area contributed by atoms with E-state index in [-0.39, 0.29) is 12.6 Å². The van der Waals surface area contributed by atoms with Crippen LogP contribution in [0.4, 0.5) is 0 Å². The average molecular weight is 239 g/mol. The van der Waals surface area contributed by atoms with E-state index in [2.05, 4.69) is 44.2 Å². The molecule has 0 amide bonds. The summed E-state index contributed by atoms with van der Waals surface area (Å²) in [6.45, 7) is 10.3.